The van der Waals surface area contributed by atoms with E-state index in [0.29, 0.717) is 0 Å². The van der Waals surface area contributed by atoms with Crippen LogP contribution in [0.2, 0.25) is 0 Å². The van der Waals surface area contributed by atoms with Crippen LogP contribution in [0.4, 0.5) is 0 Å². The van der Waals surface area contributed by atoms with Crippen molar-refractivity contribution in [2.75, 3.05) is 6.61 Å². The fourth-order valence-electron chi connectivity index (χ4n) is 0.400. The number of hydrogen-bond acceptors (Lipinski definition) is 2. The Hall–Kier alpha value is 0.650. The van der Waals surface area contributed by atoms with Crippen LogP contribution in [0.3, 0.4) is 0 Å². The third kappa shape index (κ3) is 4.62. The number of halogens is 3. The summed E-state index contributed by atoms with van der Waals surface area (Å²) in [4.78, 5) is 11.2. The second-order valence-electron chi connectivity index (χ2n) is 2.18. The third-order valence-corrected chi connectivity index (χ3v) is 3.25. The molecular weight excluding hydrogens is 356 g/mol. The summed E-state index contributed by atoms with van der Waals surface area (Å²) < 4.78 is 4.24. The fourth-order valence-corrected chi connectivity index (χ4v) is 0.960. The van der Waals surface area contributed by atoms with Gasteiger partial charge in [0.1, 0.15) is 8.75 Å². The van der Waals surface area contributed by atoms with E-state index in [4.69, 9.17) is 4.74 Å². The summed E-state index contributed by atoms with van der Waals surface area (Å²) in [5.41, 5.74) is 0. The van der Waals surface area contributed by atoms with Gasteiger partial charge in [-0.05, 0) is 6.92 Å². The molecule has 0 aromatic rings. The molecule has 0 aliphatic carbocycles. The van der Waals surface area contributed by atoms with Crippen molar-refractivity contribution in [3.8, 4) is 0 Å². The highest BCUT2D eigenvalue weighted by molar-refractivity contribution is 9.39. The van der Waals surface area contributed by atoms with Gasteiger partial charge < -0.3 is 4.74 Å². The minimum Gasteiger partial charge on any atom is -0.461 e. The molecule has 2 nitrogen and oxygen atoms in total. The molecule has 0 bridgehead atoms. The standard InChI is InChI=1S/C7H9Br3O2/c1-3-4-12-6(11)5(2)7(8,9)10/h3,5H,1,4H2,2H3. The van der Waals surface area contributed by atoms with Crippen molar-refractivity contribution in [3.05, 3.63) is 12.7 Å². The predicted octanol–water partition coefficient (Wildman–Crippen LogP) is 3.19. The van der Waals surface area contributed by atoms with Crippen LogP contribution in [0.25, 0.3) is 0 Å². The monoisotopic (exact) mass is 362 g/mol. The minimum atomic E-state index is -0.592. The van der Waals surface area contributed by atoms with Crippen LogP contribution in [0.1, 0.15) is 6.92 Å². The topological polar surface area (TPSA) is 26.3 Å². The van der Waals surface area contributed by atoms with E-state index in [1.807, 2.05) is 0 Å². The molecule has 0 aliphatic rings. The van der Waals surface area contributed by atoms with Crippen molar-refractivity contribution in [2.45, 2.75) is 9.07 Å². The molecule has 0 aromatic carbocycles. The number of esters is 1. The number of carbonyl (C=O) groups excluding carboxylic acids is 1. The Balaban J connectivity index is 4.02. The molecule has 0 fully saturated rings. The Kier molecular flexibility index (Phi) is 5.69. The Morgan fingerprint density at radius 1 is 1.67 bits per heavy atom. The predicted molar refractivity (Wildman–Crippen MR) is 59.8 cm³/mol. The van der Waals surface area contributed by atoms with Gasteiger partial charge in [0.15, 0.2) is 0 Å². The van der Waals surface area contributed by atoms with Crippen LogP contribution in [0.5, 0.6) is 0 Å². The molecule has 0 saturated heterocycles. The molecule has 0 heterocycles. The largest absolute Gasteiger partial charge is 0.461 e. The quantitative estimate of drug-likeness (QED) is 0.437. The number of hydrogen-bond donors (Lipinski definition) is 0. The van der Waals surface area contributed by atoms with E-state index in [1.54, 1.807) is 6.92 Å². The van der Waals surface area contributed by atoms with E-state index in [-0.39, 0.29) is 18.5 Å². The summed E-state index contributed by atoms with van der Waals surface area (Å²) in [6.07, 6.45) is 1.53. The molecule has 5 heteroatoms. The van der Waals surface area contributed by atoms with Crippen LogP contribution >= 0.6 is 47.8 Å². The zero-order chi connectivity index (χ0) is 9.78. The zero-order valence-corrected chi connectivity index (χ0v) is 11.3. The van der Waals surface area contributed by atoms with Gasteiger partial charge >= 0.3 is 5.97 Å². The Morgan fingerprint density at radius 3 is 2.50 bits per heavy atom. The molecule has 0 rings (SSSR count). The molecule has 0 spiro atoms. The van der Waals surface area contributed by atoms with E-state index in [0.717, 1.165) is 0 Å². The molecule has 1 unspecified atom stereocenters. The lowest BCUT2D eigenvalue weighted by molar-refractivity contribution is -0.146. The fraction of sp³-hybridized carbons (Fsp3) is 0.571. The second kappa shape index (κ2) is 5.40. The van der Waals surface area contributed by atoms with Gasteiger partial charge in [-0.25, -0.2) is 0 Å². The summed E-state index contributed by atoms with van der Waals surface area (Å²) in [5, 5.41) is 0. The average Bonchev–Trinajstić information content (AvgIpc) is 1.97. The van der Waals surface area contributed by atoms with Crippen molar-refractivity contribution < 1.29 is 9.53 Å². The van der Waals surface area contributed by atoms with E-state index in [9.17, 15) is 4.79 Å². The van der Waals surface area contributed by atoms with Crippen LogP contribution in [-0.4, -0.2) is 14.7 Å². The van der Waals surface area contributed by atoms with Crippen LogP contribution in [0.15, 0.2) is 12.7 Å². The summed E-state index contributed by atoms with van der Waals surface area (Å²) in [5.74, 6) is -0.613. The molecule has 12 heavy (non-hydrogen) atoms. The summed E-state index contributed by atoms with van der Waals surface area (Å²) in [7, 11) is 0. The number of carbonyl (C=O) groups is 1. The first-order valence-corrected chi connectivity index (χ1v) is 5.61. The molecule has 0 N–H and O–H groups in total. The lowest BCUT2D eigenvalue weighted by atomic mass is 10.2. The van der Waals surface area contributed by atoms with Crippen molar-refractivity contribution in [1.82, 2.24) is 0 Å². The second-order valence-corrected chi connectivity index (χ2v) is 9.13. The lowest BCUT2D eigenvalue weighted by Gasteiger charge is -2.19. The summed E-state index contributed by atoms with van der Waals surface area (Å²) in [6.45, 7) is 5.42. The Labute approximate surface area is 97.1 Å². The number of alkyl halides is 3. The first kappa shape index (κ1) is 12.7. The van der Waals surface area contributed by atoms with E-state index >= 15 is 0 Å². The first-order chi connectivity index (χ1) is 5.39. The van der Waals surface area contributed by atoms with Crippen molar-refractivity contribution in [3.63, 3.8) is 0 Å². The smallest absolute Gasteiger partial charge is 0.312 e. The summed E-state index contributed by atoms with van der Waals surface area (Å²) >= 11 is 9.73. The molecule has 0 radical (unpaired) electrons. The maximum absolute atomic E-state index is 11.2. The molecule has 0 aromatic heterocycles. The minimum absolute atomic E-state index is 0.242. The molecule has 0 saturated carbocycles. The van der Waals surface area contributed by atoms with Gasteiger partial charge in [-0.1, -0.05) is 60.4 Å². The van der Waals surface area contributed by atoms with Crippen molar-refractivity contribution in [2.24, 2.45) is 5.92 Å². The van der Waals surface area contributed by atoms with Gasteiger partial charge in [-0.3, -0.25) is 4.79 Å². The number of ether oxygens (including phenoxy) is 1. The third-order valence-electron chi connectivity index (χ3n) is 1.19. The Bertz CT molecular complexity index is 174. The van der Waals surface area contributed by atoms with Crippen LogP contribution in [0, 0.1) is 5.92 Å². The number of rotatable bonds is 3. The molecule has 0 aliphatic heterocycles. The molecule has 1 atom stereocenters. The lowest BCUT2D eigenvalue weighted by Crippen LogP contribution is -2.25. The maximum Gasteiger partial charge on any atom is 0.312 e. The first-order valence-electron chi connectivity index (χ1n) is 3.24. The van der Waals surface area contributed by atoms with Gasteiger partial charge in [0.25, 0.3) is 0 Å². The van der Waals surface area contributed by atoms with Gasteiger partial charge in [-0.15, -0.1) is 0 Å². The van der Waals surface area contributed by atoms with Gasteiger partial charge in [0, 0.05) is 0 Å². The molecular formula is C7H9Br3O2. The van der Waals surface area contributed by atoms with Gasteiger partial charge in [0.2, 0.25) is 0 Å². The van der Waals surface area contributed by atoms with Gasteiger partial charge in [0.05, 0.1) is 5.92 Å². The zero-order valence-electron chi connectivity index (χ0n) is 6.52. The van der Waals surface area contributed by atoms with E-state index in [2.05, 4.69) is 54.4 Å². The average molecular weight is 365 g/mol. The van der Waals surface area contributed by atoms with Crippen LogP contribution < -0.4 is 0 Å². The van der Waals surface area contributed by atoms with Crippen molar-refractivity contribution >= 4 is 53.8 Å². The van der Waals surface area contributed by atoms with Crippen LogP contribution in [-0.2, 0) is 9.53 Å². The maximum atomic E-state index is 11.2. The molecule has 0 amide bonds. The van der Waals surface area contributed by atoms with Crippen molar-refractivity contribution in [1.29, 1.82) is 0 Å². The van der Waals surface area contributed by atoms with Gasteiger partial charge in [-0.2, -0.15) is 0 Å². The van der Waals surface area contributed by atoms with E-state index in [1.165, 1.54) is 6.08 Å². The highest BCUT2D eigenvalue weighted by atomic mass is 80.0. The SMILES string of the molecule is C=CCOC(=O)C(C)C(Br)(Br)Br. The highest BCUT2D eigenvalue weighted by Gasteiger charge is 2.33. The highest BCUT2D eigenvalue weighted by Crippen LogP contribution is 2.41. The van der Waals surface area contributed by atoms with E-state index < -0.39 is 2.14 Å². The summed E-state index contributed by atoms with van der Waals surface area (Å²) in [6, 6.07) is 0. The normalized spacial score (nSPS) is 13.7. The molecule has 70 valence electrons. The Morgan fingerprint density at radius 2 is 2.17 bits per heavy atom.